The predicted molar refractivity (Wildman–Crippen MR) is 73.1 cm³/mol. The van der Waals surface area contributed by atoms with Gasteiger partial charge in [-0.1, -0.05) is 26.0 Å². The monoisotopic (exact) mass is 250 g/mol. The van der Waals surface area contributed by atoms with Gasteiger partial charge in [-0.05, 0) is 43.6 Å². The van der Waals surface area contributed by atoms with Crippen LogP contribution in [0, 0.1) is 5.82 Å². The Kier molecular flexibility index (Phi) is 4.72. The van der Waals surface area contributed by atoms with E-state index in [9.17, 15) is 4.39 Å². The Balaban J connectivity index is 2.17. The number of hydrogen-bond donors (Lipinski definition) is 1. The van der Waals surface area contributed by atoms with Gasteiger partial charge in [-0.15, -0.1) is 0 Å². The zero-order chi connectivity index (χ0) is 13.0. The number of rotatable bonds is 5. The number of halogens is 1. The van der Waals surface area contributed by atoms with Gasteiger partial charge in [0, 0.05) is 18.6 Å². The van der Waals surface area contributed by atoms with E-state index in [4.69, 9.17) is 0 Å². The average Bonchev–Trinajstić information content (AvgIpc) is 2.91. The summed E-state index contributed by atoms with van der Waals surface area (Å²) in [7, 11) is 0. The van der Waals surface area contributed by atoms with Gasteiger partial charge in [-0.2, -0.15) is 0 Å². The molecule has 0 bridgehead atoms. The van der Waals surface area contributed by atoms with Gasteiger partial charge in [0.15, 0.2) is 0 Å². The first-order valence-electron chi connectivity index (χ1n) is 6.98. The maximum Gasteiger partial charge on any atom is 0.123 e. The Hall–Kier alpha value is -0.930. The van der Waals surface area contributed by atoms with Crippen LogP contribution in [0.2, 0.25) is 0 Å². The lowest BCUT2D eigenvalue weighted by Gasteiger charge is -2.35. The van der Waals surface area contributed by atoms with Crippen molar-refractivity contribution < 1.29 is 4.39 Å². The highest BCUT2D eigenvalue weighted by Gasteiger charge is 2.27. The van der Waals surface area contributed by atoms with Crippen LogP contribution in [0.25, 0.3) is 0 Å². The van der Waals surface area contributed by atoms with Crippen molar-refractivity contribution >= 4 is 0 Å². The molecule has 1 aromatic rings. The molecule has 0 aliphatic carbocycles. The number of nitrogens with one attached hydrogen (secondary N) is 1. The highest BCUT2D eigenvalue weighted by molar-refractivity contribution is 5.20. The second-order valence-corrected chi connectivity index (χ2v) is 4.95. The van der Waals surface area contributed by atoms with Gasteiger partial charge in [0.05, 0.1) is 0 Å². The quantitative estimate of drug-likeness (QED) is 0.864. The van der Waals surface area contributed by atoms with Gasteiger partial charge in [0.25, 0.3) is 0 Å². The summed E-state index contributed by atoms with van der Waals surface area (Å²) in [6.07, 6.45) is 2.28. The van der Waals surface area contributed by atoms with Gasteiger partial charge in [-0.25, -0.2) is 4.39 Å². The van der Waals surface area contributed by atoms with Gasteiger partial charge in [0.1, 0.15) is 5.82 Å². The highest BCUT2D eigenvalue weighted by Crippen LogP contribution is 2.27. The number of benzene rings is 1. The molecule has 0 aromatic heterocycles. The lowest BCUT2D eigenvalue weighted by molar-refractivity contribution is 0.147. The lowest BCUT2D eigenvalue weighted by atomic mass is 10.0. The maximum atomic E-state index is 13.0. The van der Waals surface area contributed by atoms with Crippen molar-refractivity contribution in [2.45, 2.75) is 38.8 Å². The Morgan fingerprint density at radius 3 is 2.56 bits per heavy atom. The third-order valence-electron chi connectivity index (χ3n) is 3.91. The molecule has 0 radical (unpaired) electrons. The molecular weight excluding hydrogens is 227 g/mol. The molecule has 2 nitrogen and oxygen atoms in total. The number of likely N-dealkylation sites (N-methyl/N-ethyl adjacent to an activating group) is 1. The zero-order valence-corrected chi connectivity index (χ0v) is 11.3. The molecule has 2 atom stereocenters. The largest absolute Gasteiger partial charge is 0.315 e. The van der Waals surface area contributed by atoms with E-state index in [2.05, 4.69) is 24.1 Å². The third kappa shape index (κ3) is 2.90. The summed E-state index contributed by atoms with van der Waals surface area (Å²) in [5, 5.41) is 3.42. The Labute approximate surface area is 109 Å². The van der Waals surface area contributed by atoms with Gasteiger partial charge >= 0.3 is 0 Å². The van der Waals surface area contributed by atoms with Crippen molar-refractivity contribution in [2.24, 2.45) is 0 Å². The fourth-order valence-corrected chi connectivity index (χ4v) is 3.00. The fraction of sp³-hybridized carbons (Fsp3) is 0.600. The summed E-state index contributed by atoms with van der Waals surface area (Å²) in [6.45, 7) is 7.65. The highest BCUT2D eigenvalue weighted by atomic mass is 19.1. The lowest BCUT2D eigenvalue weighted by Crippen LogP contribution is -2.39. The molecule has 0 amide bonds. The Morgan fingerprint density at radius 1 is 1.33 bits per heavy atom. The van der Waals surface area contributed by atoms with Gasteiger partial charge in [0.2, 0.25) is 0 Å². The van der Waals surface area contributed by atoms with Crippen molar-refractivity contribution in [3.63, 3.8) is 0 Å². The normalized spacial score (nSPS) is 21.4. The first kappa shape index (κ1) is 13.5. The van der Waals surface area contributed by atoms with Crippen LogP contribution in [0.15, 0.2) is 24.3 Å². The van der Waals surface area contributed by atoms with Crippen LogP contribution in [0.1, 0.15) is 38.3 Å². The van der Waals surface area contributed by atoms with Gasteiger partial charge in [-0.3, -0.25) is 4.90 Å². The number of nitrogens with zero attached hydrogens (tertiary/aromatic N) is 1. The second kappa shape index (κ2) is 6.30. The molecule has 0 saturated carbocycles. The van der Waals surface area contributed by atoms with E-state index in [1.165, 1.54) is 12.0 Å². The molecule has 1 aliphatic heterocycles. The maximum absolute atomic E-state index is 13.0. The van der Waals surface area contributed by atoms with Crippen LogP contribution >= 0.6 is 0 Å². The van der Waals surface area contributed by atoms with E-state index >= 15 is 0 Å². The molecule has 1 N–H and O–H groups in total. The average molecular weight is 250 g/mol. The zero-order valence-electron chi connectivity index (χ0n) is 11.3. The van der Waals surface area contributed by atoms with Crippen LogP contribution in [0.3, 0.4) is 0 Å². The van der Waals surface area contributed by atoms with Crippen LogP contribution in [0.4, 0.5) is 4.39 Å². The van der Waals surface area contributed by atoms with Crippen molar-refractivity contribution in [3.05, 3.63) is 35.6 Å². The van der Waals surface area contributed by atoms with E-state index in [1.807, 2.05) is 12.1 Å². The second-order valence-electron chi connectivity index (χ2n) is 4.95. The van der Waals surface area contributed by atoms with Crippen LogP contribution < -0.4 is 5.32 Å². The minimum Gasteiger partial charge on any atom is -0.315 e. The van der Waals surface area contributed by atoms with Crippen LogP contribution in [-0.4, -0.2) is 30.6 Å². The van der Waals surface area contributed by atoms with E-state index in [0.717, 1.165) is 26.1 Å². The molecule has 1 fully saturated rings. The Bertz CT molecular complexity index is 357. The first-order valence-corrected chi connectivity index (χ1v) is 6.98. The molecule has 3 heteroatoms. The number of hydrogen-bond acceptors (Lipinski definition) is 2. The molecule has 2 unspecified atom stereocenters. The van der Waals surface area contributed by atoms with E-state index in [1.54, 1.807) is 12.1 Å². The van der Waals surface area contributed by atoms with Crippen LogP contribution in [-0.2, 0) is 0 Å². The molecule has 1 aromatic carbocycles. The minimum absolute atomic E-state index is 0.154. The molecule has 100 valence electrons. The molecule has 2 rings (SSSR count). The fourth-order valence-electron chi connectivity index (χ4n) is 3.00. The molecule has 1 aliphatic rings. The predicted octanol–water partition coefficient (Wildman–Crippen LogP) is 2.96. The smallest absolute Gasteiger partial charge is 0.123 e. The summed E-state index contributed by atoms with van der Waals surface area (Å²) in [5.74, 6) is -0.154. The topological polar surface area (TPSA) is 15.3 Å². The summed E-state index contributed by atoms with van der Waals surface area (Å²) >= 11 is 0. The standard InChI is InChI=1S/C15H23FN2/c1-3-15(12-5-7-13(16)8-6-12)18(4-2)14-9-10-17-11-14/h5-8,14-15,17H,3-4,9-11H2,1-2H3. The molecule has 1 saturated heterocycles. The molecule has 0 spiro atoms. The SMILES string of the molecule is CCC(c1ccc(F)cc1)N(CC)C1CCNC1. The van der Waals surface area contributed by atoms with Gasteiger partial charge < -0.3 is 5.32 Å². The van der Waals surface area contributed by atoms with Crippen molar-refractivity contribution in [2.75, 3.05) is 19.6 Å². The molecule has 1 heterocycles. The first-order chi connectivity index (χ1) is 8.76. The summed E-state index contributed by atoms with van der Waals surface area (Å²) in [6, 6.07) is 8.01. The van der Waals surface area contributed by atoms with Crippen molar-refractivity contribution in [3.8, 4) is 0 Å². The van der Waals surface area contributed by atoms with E-state index < -0.39 is 0 Å². The summed E-state index contributed by atoms with van der Waals surface area (Å²) in [4.78, 5) is 2.55. The van der Waals surface area contributed by atoms with Crippen molar-refractivity contribution in [1.82, 2.24) is 10.2 Å². The van der Waals surface area contributed by atoms with Crippen LogP contribution in [0.5, 0.6) is 0 Å². The third-order valence-corrected chi connectivity index (χ3v) is 3.91. The summed E-state index contributed by atoms with van der Waals surface area (Å²) in [5.41, 5.74) is 1.23. The van der Waals surface area contributed by atoms with Crippen molar-refractivity contribution in [1.29, 1.82) is 0 Å². The molecule has 18 heavy (non-hydrogen) atoms. The Morgan fingerprint density at radius 2 is 2.06 bits per heavy atom. The van der Waals surface area contributed by atoms with E-state index in [0.29, 0.717) is 12.1 Å². The molecular formula is C15H23FN2. The summed E-state index contributed by atoms with van der Waals surface area (Å²) < 4.78 is 13.0. The minimum atomic E-state index is -0.154. The van der Waals surface area contributed by atoms with E-state index in [-0.39, 0.29) is 5.82 Å².